The van der Waals surface area contributed by atoms with Crippen LogP contribution in [-0.4, -0.2) is 37.2 Å². The lowest BCUT2D eigenvalue weighted by atomic mass is 10.0. The van der Waals surface area contributed by atoms with Crippen LogP contribution in [0.5, 0.6) is 0 Å². The quantitative estimate of drug-likeness (QED) is 0.0261. The van der Waals surface area contributed by atoms with Crippen molar-refractivity contribution in [2.45, 2.75) is 335 Å². The molecule has 0 rings (SSSR count). The van der Waals surface area contributed by atoms with E-state index < -0.39 is 6.10 Å². The van der Waals surface area contributed by atoms with Crippen molar-refractivity contribution in [1.29, 1.82) is 0 Å². The minimum atomic E-state index is -0.764. The Balaban J connectivity index is 3.93. The zero-order valence-electron chi connectivity index (χ0n) is 47.5. The Morgan fingerprint density at radius 1 is 0.296 bits per heavy atom. The fraction of sp³-hybridized carbons (Fsp3) is 0.831. The smallest absolute Gasteiger partial charge is 0.306 e. The van der Waals surface area contributed by atoms with E-state index in [9.17, 15) is 14.4 Å². The van der Waals surface area contributed by atoms with E-state index in [1.54, 1.807) is 0 Å². The molecule has 0 aromatic heterocycles. The molecule has 0 spiro atoms. The van der Waals surface area contributed by atoms with E-state index in [0.717, 1.165) is 83.5 Å². The van der Waals surface area contributed by atoms with Crippen LogP contribution in [-0.2, 0) is 28.6 Å². The van der Waals surface area contributed by atoms with Crippen molar-refractivity contribution >= 4 is 17.9 Å². The highest BCUT2D eigenvalue weighted by Gasteiger charge is 2.19. The molecule has 0 heterocycles. The van der Waals surface area contributed by atoms with Gasteiger partial charge in [-0.3, -0.25) is 14.4 Å². The van der Waals surface area contributed by atoms with Gasteiger partial charge in [0.1, 0.15) is 13.2 Å². The van der Waals surface area contributed by atoms with Gasteiger partial charge < -0.3 is 14.2 Å². The highest BCUT2D eigenvalue weighted by Crippen LogP contribution is 2.17. The summed E-state index contributed by atoms with van der Waals surface area (Å²) in [6, 6.07) is 0. The van der Waals surface area contributed by atoms with Crippen LogP contribution in [0.1, 0.15) is 329 Å². The molecular weight excluding hydrogens is 877 g/mol. The first-order valence-corrected chi connectivity index (χ1v) is 31.1. The number of carbonyl (C=O) groups excluding carboxylic acids is 3. The van der Waals surface area contributed by atoms with E-state index in [-0.39, 0.29) is 31.1 Å². The van der Waals surface area contributed by atoms with Crippen LogP contribution in [0.25, 0.3) is 0 Å². The molecule has 0 aromatic rings. The summed E-state index contributed by atoms with van der Waals surface area (Å²) in [6.45, 7) is 6.52. The van der Waals surface area contributed by atoms with Gasteiger partial charge in [-0.1, -0.05) is 301 Å². The van der Waals surface area contributed by atoms with Crippen molar-refractivity contribution in [3.05, 3.63) is 48.6 Å². The topological polar surface area (TPSA) is 78.9 Å². The Bertz CT molecular complexity index is 1230. The summed E-state index contributed by atoms with van der Waals surface area (Å²) in [5.74, 6) is -0.854. The Hall–Kier alpha value is -2.63. The fourth-order valence-corrected chi connectivity index (χ4v) is 9.20. The maximum absolute atomic E-state index is 12.8. The van der Waals surface area contributed by atoms with Crippen molar-refractivity contribution in [2.24, 2.45) is 0 Å². The van der Waals surface area contributed by atoms with Crippen molar-refractivity contribution in [3.63, 3.8) is 0 Å². The standard InChI is InChI=1S/C65H118O6/c1-4-7-10-13-16-18-20-22-23-24-25-26-27-28-29-30-31-32-33-34-35-36-37-38-39-40-41-43-44-46-49-52-55-58-64(67)70-61-62(60-69-63(66)57-54-51-48-15-12-9-6-3)71-65(68)59-56-53-50-47-45-42-21-19-17-14-11-8-5-2/h7,10,16,18,22-23,25-26,62H,4-6,8-9,11-15,17,19-21,24,27-61H2,1-3H3/b10-7-,18-16-,23-22-,26-25-. The largest absolute Gasteiger partial charge is 0.462 e. The van der Waals surface area contributed by atoms with Gasteiger partial charge in [-0.15, -0.1) is 0 Å². The average Bonchev–Trinajstić information content (AvgIpc) is 3.37. The number of allylic oxidation sites excluding steroid dienone is 8. The second-order valence-corrected chi connectivity index (χ2v) is 21.0. The van der Waals surface area contributed by atoms with Gasteiger partial charge in [0.2, 0.25) is 0 Å². The minimum absolute atomic E-state index is 0.0663. The number of hydrogen-bond acceptors (Lipinski definition) is 6. The first-order chi connectivity index (χ1) is 35.0. The number of ether oxygens (including phenoxy) is 3. The van der Waals surface area contributed by atoms with Gasteiger partial charge in [-0.2, -0.15) is 0 Å². The molecule has 0 aliphatic carbocycles. The van der Waals surface area contributed by atoms with Crippen LogP contribution < -0.4 is 0 Å². The first kappa shape index (κ1) is 68.4. The second-order valence-electron chi connectivity index (χ2n) is 21.0. The van der Waals surface area contributed by atoms with E-state index in [1.165, 1.54) is 205 Å². The highest BCUT2D eigenvalue weighted by molar-refractivity contribution is 5.71. The van der Waals surface area contributed by atoms with E-state index in [1.807, 2.05) is 0 Å². The molecular formula is C65H118O6. The van der Waals surface area contributed by atoms with E-state index in [0.29, 0.717) is 19.3 Å². The van der Waals surface area contributed by atoms with Gasteiger partial charge in [0.05, 0.1) is 0 Å². The number of unbranched alkanes of at least 4 members (excludes halogenated alkanes) is 38. The Kier molecular flexibility index (Phi) is 57.7. The molecule has 0 saturated heterocycles. The van der Waals surface area contributed by atoms with Gasteiger partial charge >= 0.3 is 17.9 Å². The Morgan fingerprint density at radius 2 is 0.549 bits per heavy atom. The molecule has 0 saturated carbocycles. The normalized spacial score (nSPS) is 12.3. The summed E-state index contributed by atoms with van der Waals surface area (Å²) in [5, 5.41) is 0. The summed E-state index contributed by atoms with van der Waals surface area (Å²) in [6.07, 6.45) is 74.4. The molecule has 414 valence electrons. The zero-order chi connectivity index (χ0) is 51.4. The summed E-state index contributed by atoms with van der Waals surface area (Å²) in [4.78, 5) is 37.9. The maximum Gasteiger partial charge on any atom is 0.306 e. The van der Waals surface area contributed by atoms with Crippen LogP contribution in [0.15, 0.2) is 48.6 Å². The lowest BCUT2D eigenvalue weighted by Crippen LogP contribution is -2.30. The second kappa shape index (κ2) is 59.9. The summed E-state index contributed by atoms with van der Waals surface area (Å²) >= 11 is 0. The first-order valence-electron chi connectivity index (χ1n) is 31.1. The summed E-state index contributed by atoms with van der Waals surface area (Å²) in [5.41, 5.74) is 0. The fourth-order valence-electron chi connectivity index (χ4n) is 9.20. The van der Waals surface area contributed by atoms with E-state index in [2.05, 4.69) is 69.4 Å². The number of esters is 3. The lowest BCUT2D eigenvalue weighted by Gasteiger charge is -2.18. The van der Waals surface area contributed by atoms with Crippen LogP contribution in [0.4, 0.5) is 0 Å². The van der Waals surface area contributed by atoms with E-state index >= 15 is 0 Å². The number of carbonyl (C=O) groups is 3. The molecule has 6 nitrogen and oxygen atoms in total. The Morgan fingerprint density at radius 3 is 0.859 bits per heavy atom. The molecule has 0 fully saturated rings. The molecule has 0 bridgehead atoms. The molecule has 0 aromatic carbocycles. The molecule has 0 aliphatic heterocycles. The molecule has 0 amide bonds. The van der Waals surface area contributed by atoms with Crippen LogP contribution >= 0.6 is 0 Å². The van der Waals surface area contributed by atoms with Gasteiger partial charge in [0, 0.05) is 19.3 Å². The van der Waals surface area contributed by atoms with E-state index in [4.69, 9.17) is 14.2 Å². The third-order valence-electron chi connectivity index (χ3n) is 13.8. The predicted octanol–water partition coefficient (Wildman–Crippen LogP) is 21.0. The SMILES string of the molecule is CC/C=C\C/C=C\C/C=C\C/C=C\CCCCCCCCCCCCCCCCCCCCCCC(=O)OCC(COC(=O)CCCCCCCCC)OC(=O)CCCCCCCCCCCCCCC. The average molecular weight is 996 g/mol. The molecule has 0 N–H and O–H groups in total. The minimum Gasteiger partial charge on any atom is -0.462 e. The summed E-state index contributed by atoms with van der Waals surface area (Å²) < 4.78 is 16.8. The van der Waals surface area contributed by atoms with Gasteiger partial charge in [0.15, 0.2) is 6.10 Å². The molecule has 0 radical (unpaired) electrons. The zero-order valence-corrected chi connectivity index (χ0v) is 47.5. The highest BCUT2D eigenvalue weighted by atomic mass is 16.6. The number of rotatable bonds is 57. The third kappa shape index (κ3) is 58.1. The van der Waals surface area contributed by atoms with Gasteiger partial charge in [-0.25, -0.2) is 0 Å². The Labute approximate surface area is 441 Å². The van der Waals surface area contributed by atoms with Crippen molar-refractivity contribution < 1.29 is 28.6 Å². The van der Waals surface area contributed by atoms with Crippen LogP contribution in [0.2, 0.25) is 0 Å². The van der Waals surface area contributed by atoms with Gasteiger partial charge in [0.25, 0.3) is 0 Å². The van der Waals surface area contributed by atoms with Crippen molar-refractivity contribution in [1.82, 2.24) is 0 Å². The molecule has 71 heavy (non-hydrogen) atoms. The monoisotopic (exact) mass is 995 g/mol. The molecule has 1 unspecified atom stereocenters. The molecule has 6 heteroatoms. The number of hydrogen-bond donors (Lipinski definition) is 0. The maximum atomic E-state index is 12.8. The predicted molar refractivity (Wildman–Crippen MR) is 307 cm³/mol. The molecule has 0 aliphatic rings. The van der Waals surface area contributed by atoms with Crippen LogP contribution in [0, 0.1) is 0 Å². The van der Waals surface area contributed by atoms with Crippen molar-refractivity contribution in [2.75, 3.05) is 13.2 Å². The van der Waals surface area contributed by atoms with Crippen molar-refractivity contribution in [3.8, 4) is 0 Å². The molecule has 1 atom stereocenters. The lowest BCUT2D eigenvalue weighted by molar-refractivity contribution is -0.167. The van der Waals surface area contributed by atoms with Gasteiger partial charge in [-0.05, 0) is 57.8 Å². The third-order valence-corrected chi connectivity index (χ3v) is 13.8. The summed E-state index contributed by atoms with van der Waals surface area (Å²) in [7, 11) is 0. The van der Waals surface area contributed by atoms with Crippen LogP contribution in [0.3, 0.4) is 0 Å².